The fourth-order valence-corrected chi connectivity index (χ4v) is 1.65. The van der Waals surface area contributed by atoms with Crippen LogP contribution in [0.15, 0.2) is 18.2 Å². The van der Waals surface area contributed by atoms with Gasteiger partial charge in [-0.3, -0.25) is 0 Å². The lowest BCUT2D eigenvalue weighted by molar-refractivity contribution is 0.166. The summed E-state index contributed by atoms with van der Waals surface area (Å²) in [5.74, 6) is 5.29. The molecule has 0 aromatic heterocycles. The van der Waals surface area contributed by atoms with Crippen LogP contribution in [0.5, 0.6) is 0 Å². The third-order valence-electron chi connectivity index (χ3n) is 2.25. The maximum atomic E-state index is 12.8. The van der Waals surface area contributed by atoms with Gasteiger partial charge in [0.25, 0.3) is 0 Å². The topological polar surface area (TPSA) is 20.2 Å². The Hall–Kier alpha value is -1.04. The summed E-state index contributed by atoms with van der Waals surface area (Å²) < 4.78 is 12.8. The second-order valence-electron chi connectivity index (χ2n) is 3.56. The smallest absolute Gasteiger partial charge is 0.124 e. The quantitative estimate of drug-likeness (QED) is 0.802. The van der Waals surface area contributed by atoms with Crippen LogP contribution in [0.2, 0.25) is 5.02 Å². The molecule has 1 rings (SSSR count). The zero-order chi connectivity index (χ0) is 12.0. The number of rotatable bonds is 4. The molecule has 1 N–H and O–H groups in total. The zero-order valence-electron chi connectivity index (χ0n) is 9.13. The molecule has 0 radical (unpaired) electrons. The molecule has 0 aliphatic rings. The van der Waals surface area contributed by atoms with Gasteiger partial charge >= 0.3 is 0 Å². The predicted octanol–water partition coefficient (Wildman–Crippen LogP) is 3.19. The van der Waals surface area contributed by atoms with Crippen molar-refractivity contribution in [1.82, 2.24) is 0 Å². The average Bonchev–Trinajstić information content (AvgIpc) is 2.23. The second-order valence-corrected chi connectivity index (χ2v) is 3.97. The van der Waals surface area contributed by atoms with Crippen molar-refractivity contribution in [3.63, 3.8) is 0 Å². The van der Waals surface area contributed by atoms with Crippen molar-refractivity contribution in [2.75, 3.05) is 0 Å². The second kappa shape index (κ2) is 6.52. The van der Waals surface area contributed by atoms with E-state index in [9.17, 15) is 9.50 Å². The van der Waals surface area contributed by atoms with E-state index in [1.807, 2.05) is 0 Å². The molecule has 0 amide bonds. The van der Waals surface area contributed by atoms with Gasteiger partial charge in [0.1, 0.15) is 5.82 Å². The maximum Gasteiger partial charge on any atom is 0.124 e. The molecule has 16 heavy (non-hydrogen) atoms. The summed E-state index contributed by atoms with van der Waals surface area (Å²) in [7, 11) is 0. The Morgan fingerprint density at radius 1 is 1.50 bits per heavy atom. The molecular formula is C13H14ClFO. The first-order valence-electron chi connectivity index (χ1n) is 5.15. The van der Waals surface area contributed by atoms with Crippen molar-refractivity contribution < 1.29 is 9.50 Å². The Morgan fingerprint density at radius 3 is 2.88 bits per heavy atom. The van der Waals surface area contributed by atoms with Gasteiger partial charge in [0, 0.05) is 11.4 Å². The number of aliphatic hydroxyl groups is 1. The van der Waals surface area contributed by atoms with Gasteiger partial charge in [-0.15, -0.1) is 11.8 Å². The Labute approximate surface area is 100 Å². The largest absolute Gasteiger partial charge is 0.393 e. The van der Waals surface area contributed by atoms with Crippen molar-refractivity contribution in [3.05, 3.63) is 34.6 Å². The van der Waals surface area contributed by atoms with Crippen LogP contribution < -0.4 is 0 Å². The van der Waals surface area contributed by atoms with Gasteiger partial charge in [-0.25, -0.2) is 4.39 Å². The van der Waals surface area contributed by atoms with Crippen LogP contribution in [0.1, 0.15) is 25.3 Å². The number of halogens is 2. The summed E-state index contributed by atoms with van der Waals surface area (Å²) in [5, 5.41) is 10.1. The lowest BCUT2D eigenvalue weighted by Gasteiger charge is -2.10. The van der Waals surface area contributed by atoms with Crippen molar-refractivity contribution >= 4 is 11.6 Å². The summed E-state index contributed by atoms with van der Waals surface area (Å²) in [6.07, 6.45) is 1.22. The van der Waals surface area contributed by atoms with E-state index >= 15 is 0 Å². The Morgan fingerprint density at radius 2 is 2.25 bits per heavy atom. The molecule has 86 valence electrons. The highest BCUT2D eigenvalue weighted by Crippen LogP contribution is 2.19. The molecule has 1 aromatic carbocycles. The Kier molecular flexibility index (Phi) is 5.31. The van der Waals surface area contributed by atoms with Gasteiger partial charge in [-0.05, 0) is 37.5 Å². The number of hydrogen-bond acceptors (Lipinski definition) is 1. The zero-order valence-corrected chi connectivity index (χ0v) is 9.89. The molecule has 3 heteroatoms. The fourth-order valence-electron chi connectivity index (χ4n) is 1.41. The third kappa shape index (κ3) is 4.22. The first-order chi connectivity index (χ1) is 7.63. The standard InChI is InChI=1S/C13H14ClFO/c1-2-3-4-5-12(16)8-10-6-7-11(15)9-13(10)14/h6-7,9,12,16H,4-5,8H2,1H3. The first kappa shape index (κ1) is 13.0. The molecule has 0 heterocycles. The van der Waals surface area contributed by atoms with Crippen molar-refractivity contribution in [1.29, 1.82) is 0 Å². The minimum Gasteiger partial charge on any atom is -0.393 e. The van der Waals surface area contributed by atoms with E-state index in [-0.39, 0.29) is 5.82 Å². The van der Waals surface area contributed by atoms with Gasteiger partial charge < -0.3 is 5.11 Å². The molecule has 0 saturated carbocycles. The van der Waals surface area contributed by atoms with Crippen LogP contribution in [0.4, 0.5) is 4.39 Å². The van der Waals surface area contributed by atoms with Gasteiger partial charge in [0.15, 0.2) is 0 Å². The molecule has 0 fully saturated rings. The van der Waals surface area contributed by atoms with Gasteiger partial charge in [0.05, 0.1) is 6.10 Å². The molecule has 0 saturated heterocycles. The fraction of sp³-hybridized carbons (Fsp3) is 0.385. The molecule has 1 unspecified atom stereocenters. The van der Waals surface area contributed by atoms with Crippen LogP contribution in [0.3, 0.4) is 0 Å². The summed E-state index contributed by atoms with van der Waals surface area (Å²) in [6.45, 7) is 1.77. The van der Waals surface area contributed by atoms with E-state index in [1.165, 1.54) is 12.1 Å². The summed E-state index contributed by atoms with van der Waals surface area (Å²) >= 11 is 5.86. The van der Waals surface area contributed by atoms with E-state index in [1.54, 1.807) is 13.0 Å². The van der Waals surface area contributed by atoms with Crippen molar-refractivity contribution in [2.24, 2.45) is 0 Å². The van der Waals surface area contributed by atoms with E-state index in [4.69, 9.17) is 11.6 Å². The predicted molar refractivity (Wildman–Crippen MR) is 63.8 cm³/mol. The van der Waals surface area contributed by atoms with Gasteiger partial charge in [-0.2, -0.15) is 0 Å². The van der Waals surface area contributed by atoms with Crippen molar-refractivity contribution in [2.45, 2.75) is 32.3 Å². The Balaban J connectivity index is 2.54. The molecular weight excluding hydrogens is 227 g/mol. The minimum atomic E-state index is -0.483. The van der Waals surface area contributed by atoms with Crippen LogP contribution in [-0.2, 0) is 6.42 Å². The summed E-state index contributed by atoms with van der Waals surface area (Å²) in [4.78, 5) is 0. The van der Waals surface area contributed by atoms with Crippen LogP contribution in [-0.4, -0.2) is 11.2 Å². The summed E-state index contributed by atoms with van der Waals surface area (Å²) in [5.41, 5.74) is 0.764. The molecule has 1 aromatic rings. The van der Waals surface area contributed by atoms with Crippen LogP contribution >= 0.6 is 11.6 Å². The van der Waals surface area contributed by atoms with E-state index in [2.05, 4.69) is 11.8 Å². The van der Waals surface area contributed by atoms with E-state index in [0.717, 1.165) is 5.56 Å². The average molecular weight is 241 g/mol. The van der Waals surface area contributed by atoms with Gasteiger partial charge in [-0.1, -0.05) is 17.7 Å². The third-order valence-corrected chi connectivity index (χ3v) is 2.60. The Bertz CT molecular complexity index is 406. The monoisotopic (exact) mass is 240 g/mol. The highest BCUT2D eigenvalue weighted by Gasteiger charge is 2.08. The first-order valence-corrected chi connectivity index (χ1v) is 5.53. The SMILES string of the molecule is CC#CCCC(O)Cc1ccc(F)cc1Cl. The number of benzene rings is 1. The van der Waals surface area contributed by atoms with Gasteiger partial charge in [0.2, 0.25) is 0 Å². The van der Waals surface area contributed by atoms with E-state index in [0.29, 0.717) is 24.3 Å². The van der Waals surface area contributed by atoms with Crippen LogP contribution in [0.25, 0.3) is 0 Å². The lowest BCUT2D eigenvalue weighted by atomic mass is 10.0. The normalized spacial score (nSPS) is 11.8. The molecule has 0 spiro atoms. The minimum absolute atomic E-state index is 0.361. The van der Waals surface area contributed by atoms with Crippen LogP contribution in [0, 0.1) is 17.7 Å². The molecule has 0 aliphatic carbocycles. The number of aliphatic hydroxyl groups excluding tert-OH is 1. The lowest BCUT2D eigenvalue weighted by Crippen LogP contribution is -2.10. The van der Waals surface area contributed by atoms with E-state index < -0.39 is 6.10 Å². The van der Waals surface area contributed by atoms with Crippen molar-refractivity contribution in [3.8, 4) is 11.8 Å². The molecule has 0 aliphatic heterocycles. The molecule has 1 nitrogen and oxygen atoms in total. The molecule has 1 atom stereocenters. The molecule has 0 bridgehead atoms. The highest BCUT2D eigenvalue weighted by molar-refractivity contribution is 6.31. The summed E-state index contributed by atoms with van der Waals surface area (Å²) in [6, 6.07) is 4.21. The highest BCUT2D eigenvalue weighted by atomic mass is 35.5. The maximum absolute atomic E-state index is 12.8. The number of hydrogen-bond donors (Lipinski definition) is 1.